The summed E-state index contributed by atoms with van der Waals surface area (Å²) in [5.41, 5.74) is 2.56. The first-order valence-corrected chi connectivity index (χ1v) is 15.8. The molecule has 1 fully saturated rings. The predicted octanol–water partition coefficient (Wildman–Crippen LogP) is 5.16. The van der Waals surface area contributed by atoms with Crippen molar-refractivity contribution in [1.29, 1.82) is 0 Å². The molecule has 3 N–H and O–H groups in total. The van der Waals surface area contributed by atoms with Crippen LogP contribution in [-0.4, -0.2) is 61.3 Å². The Morgan fingerprint density at radius 3 is 2.34 bits per heavy atom. The van der Waals surface area contributed by atoms with E-state index < -0.39 is 29.9 Å². The van der Waals surface area contributed by atoms with Crippen molar-refractivity contribution in [1.82, 2.24) is 15.6 Å². The highest BCUT2D eigenvalue weighted by Crippen LogP contribution is 2.28. The van der Waals surface area contributed by atoms with Crippen molar-refractivity contribution in [3.05, 3.63) is 85.4 Å². The van der Waals surface area contributed by atoms with Gasteiger partial charge in [0.05, 0.1) is 24.2 Å². The van der Waals surface area contributed by atoms with E-state index in [0.29, 0.717) is 32.6 Å². The standard InChI is InChI=1S/C31H33BrIN5O6/c1-43-27-12-8-21(18-24(27)33)29(30(41)34-26(31(42)44-2)16-19-5-9-22(39)10-6-19)35-28(40)17-20-7-11-25(23(32)15-20)36-37-38-13-3-4-14-38/h5-12,15,18,26,29,39H,3-4,13-14,16-17H2,1-2H3,(H,34,41)(H,35,40)/t26-,29+/m0/s1. The molecule has 11 nitrogen and oxygen atoms in total. The molecule has 2 amide bonds. The third-order valence-electron chi connectivity index (χ3n) is 6.99. The lowest BCUT2D eigenvalue weighted by Gasteiger charge is -2.23. The Kier molecular flexibility index (Phi) is 11.9. The topological polar surface area (TPSA) is 142 Å². The maximum absolute atomic E-state index is 13.7. The first kappa shape index (κ1) is 33.2. The molecule has 232 valence electrons. The monoisotopic (exact) mass is 777 g/mol. The van der Waals surface area contributed by atoms with Crippen LogP contribution >= 0.6 is 38.5 Å². The summed E-state index contributed by atoms with van der Waals surface area (Å²) < 4.78 is 11.7. The van der Waals surface area contributed by atoms with E-state index in [1.807, 2.05) is 5.01 Å². The fourth-order valence-electron chi connectivity index (χ4n) is 4.66. The number of carbonyl (C=O) groups is 3. The fourth-order valence-corrected chi connectivity index (χ4v) is 5.93. The SMILES string of the molecule is COC(=O)[C@H](Cc1ccc(O)cc1)NC(=O)[C@H](NC(=O)Cc1ccc(N=NN2CCCC2)c(Br)c1)c1ccc(OC)c(I)c1. The quantitative estimate of drug-likeness (QED) is 0.131. The number of nitrogens with zero attached hydrogens (tertiary/aromatic N) is 3. The Morgan fingerprint density at radius 1 is 1.00 bits per heavy atom. The number of nitrogens with one attached hydrogen (secondary N) is 2. The van der Waals surface area contributed by atoms with Crippen molar-refractivity contribution >= 4 is 62.0 Å². The van der Waals surface area contributed by atoms with Gasteiger partial charge in [-0.15, -0.1) is 5.11 Å². The molecule has 0 saturated carbocycles. The van der Waals surface area contributed by atoms with E-state index in [-0.39, 0.29) is 18.6 Å². The van der Waals surface area contributed by atoms with Crippen LogP contribution in [0.25, 0.3) is 0 Å². The number of phenolic OH excluding ortho intramolecular Hbond substituents is 1. The van der Waals surface area contributed by atoms with Gasteiger partial charge in [-0.05, 0) is 104 Å². The fraction of sp³-hybridized carbons (Fsp3) is 0.323. The minimum Gasteiger partial charge on any atom is -0.508 e. The average Bonchev–Trinajstić information content (AvgIpc) is 3.53. The molecule has 2 atom stereocenters. The number of aromatic hydroxyl groups is 1. The third-order valence-corrected chi connectivity index (χ3v) is 8.47. The van der Waals surface area contributed by atoms with E-state index in [0.717, 1.165) is 29.5 Å². The smallest absolute Gasteiger partial charge is 0.328 e. The zero-order valence-electron chi connectivity index (χ0n) is 24.3. The summed E-state index contributed by atoms with van der Waals surface area (Å²) in [6, 6.07) is 14.7. The van der Waals surface area contributed by atoms with E-state index >= 15 is 0 Å². The van der Waals surface area contributed by atoms with Crippen LogP contribution in [0.15, 0.2) is 75.5 Å². The van der Waals surface area contributed by atoms with Gasteiger partial charge in [0, 0.05) is 24.0 Å². The summed E-state index contributed by atoms with van der Waals surface area (Å²) in [6.07, 6.45) is 2.32. The number of esters is 1. The summed E-state index contributed by atoms with van der Waals surface area (Å²) in [5, 5.41) is 25.7. The molecule has 1 aliphatic heterocycles. The van der Waals surface area contributed by atoms with E-state index in [4.69, 9.17) is 9.47 Å². The average molecular weight is 778 g/mol. The zero-order chi connectivity index (χ0) is 31.6. The van der Waals surface area contributed by atoms with Gasteiger partial charge in [-0.25, -0.2) is 4.79 Å². The second-order valence-corrected chi connectivity index (χ2v) is 12.2. The van der Waals surface area contributed by atoms with Gasteiger partial charge >= 0.3 is 5.97 Å². The van der Waals surface area contributed by atoms with E-state index in [1.165, 1.54) is 19.2 Å². The normalized spacial score (nSPS) is 14.2. The van der Waals surface area contributed by atoms with Crippen molar-refractivity contribution in [2.45, 2.75) is 37.8 Å². The van der Waals surface area contributed by atoms with Crippen LogP contribution in [-0.2, 0) is 32.0 Å². The Labute approximate surface area is 277 Å². The number of methoxy groups -OCH3 is 2. The second-order valence-electron chi connectivity index (χ2n) is 10.2. The minimum absolute atomic E-state index is 0.00683. The molecule has 44 heavy (non-hydrogen) atoms. The van der Waals surface area contributed by atoms with Gasteiger partial charge in [0.25, 0.3) is 0 Å². The lowest BCUT2D eigenvalue weighted by molar-refractivity contribution is -0.145. The summed E-state index contributed by atoms with van der Waals surface area (Å²) in [4.78, 5) is 39.7. The molecule has 13 heteroatoms. The molecule has 4 rings (SSSR count). The van der Waals surface area contributed by atoms with Crippen molar-refractivity contribution in [2.75, 3.05) is 27.3 Å². The van der Waals surface area contributed by atoms with Gasteiger partial charge in [0.1, 0.15) is 29.3 Å². The lowest BCUT2D eigenvalue weighted by atomic mass is 10.0. The number of phenols is 1. The maximum atomic E-state index is 13.7. The summed E-state index contributed by atoms with van der Waals surface area (Å²) >= 11 is 5.61. The number of benzene rings is 3. The van der Waals surface area contributed by atoms with Gasteiger partial charge < -0.3 is 25.2 Å². The van der Waals surface area contributed by atoms with Crippen LogP contribution < -0.4 is 15.4 Å². The Hall–Kier alpha value is -3.72. The number of amides is 2. The highest BCUT2D eigenvalue weighted by Gasteiger charge is 2.29. The van der Waals surface area contributed by atoms with Gasteiger partial charge in [0.2, 0.25) is 11.8 Å². The first-order chi connectivity index (χ1) is 21.2. The van der Waals surface area contributed by atoms with Crippen molar-refractivity contribution in [3.63, 3.8) is 0 Å². The number of hydrogen-bond donors (Lipinski definition) is 3. The van der Waals surface area contributed by atoms with Gasteiger partial charge in [-0.2, -0.15) is 0 Å². The van der Waals surface area contributed by atoms with Gasteiger partial charge in [0.15, 0.2) is 0 Å². The number of ether oxygens (including phenoxy) is 2. The van der Waals surface area contributed by atoms with Gasteiger partial charge in [-0.1, -0.05) is 29.5 Å². The second kappa shape index (κ2) is 15.8. The molecule has 0 aliphatic carbocycles. The molecule has 3 aromatic carbocycles. The van der Waals surface area contributed by atoms with E-state index in [2.05, 4.69) is 59.5 Å². The molecule has 0 unspecified atom stereocenters. The molecular weight excluding hydrogens is 745 g/mol. The van der Waals surface area contributed by atoms with Crippen molar-refractivity contribution < 1.29 is 29.0 Å². The summed E-state index contributed by atoms with van der Waals surface area (Å²) in [5.74, 6) is -0.939. The molecule has 0 aromatic heterocycles. The predicted molar refractivity (Wildman–Crippen MR) is 176 cm³/mol. The first-order valence-electron chi connectivity index (χ1n) is 13.9. The van der Waals surface area contributed by atoms with E-state index in [1.54, 1.807) is 55.6 Å². The van der Waals surface area contributed by atoms with Crippen LogP contribution in [0.1, 0.15) is 35.6 Å². The molecule has 0 spiro atoms. The van der Waals surface area contributed by atoms with Crippen molar-refractivity contribution in [3.8, 4) is 11.5 Å². The molecular formula is C31H33BrIN5O6. The van der Waals surface area contributed by atoms with Gasteiger partial charge in [-0.3, -0.25) is 14.6 Å². The largest absolute Gasteiger partial charge is 0.508 e. The number of carbonyl (C=O) groups excluding carboxylic acids is 3. The number of hydrogen-bond acceptors (Lipinski definition) is 8. The number of rotatable bonds is 12. The van der Waals surface area contributed by atoms with E-state index in [9.17, 15) is 19.5 Å². The lowest BCUT2D eigenvalue weighted by Crippen LogP contribution is -2.48. The molecule has 1 heterocycles. The Morgan fingerprint density at radius 2 is 1.70 bits per heavy atom. The summed E-state index contributed by atoms with van der Waals surface area (Å²) in [7, 11) is 2.78. The highest BCUT2D eigenvalue weighted by atomic mass is 127. The summed E-state index contributed by atoms with van der Waals surface area (Å²) in [6.45, 7) is 1.77. The van der Waals surface area contributed by atoms with Crippen molar-refractivity contribution in [2.24, 2.45) is 10.3 Å². The highest BCUT2D eigenvalue weighted by molar-refractivity contribution is 14.1. The van der Waals surface area contributed by atoms with Crippen LogP contribution in [0.4, 0.5) is 5.69 Å². The van der Waals surface area contributed by atoms with Crippen LogP contribution in [0.5, 0.6) is 11.5 Å². The minimum atomic E-state index is -1.12. The van der Waals surface area contributed by atoms with Crippen LogP contribution in [0, 0.1) is 3.57 Å². The molecule has 0 bridgehead atoms. The molecule has 3 aromatic rings. The maximum Gasteiger partial charge on any atom is 0.328 e. The molecule has 1 saturated heterocycles. The Balaban J connectivity index is 1.52. The van der Waals surface area contributed by atoms with Crippen LogP contribution in [0.3, 0.4) is 0 Å². The van der Waals surface area contributed by atoms with Crippen LogP contribution in [0.2, 0.25) is 0 Å². The molecule has 1 aliphatic rings. The Bertz CT molecular complexity index is 1510. The molecule has 0 radical (unpaired) electrons. The zero-order valence-corrected chi connectivity index (χ0v) is 28.0. The third kappa shape index (κ3) is 9.14. The number of halogens is 2.